The number of carbonyl (C=O) groups excluding carboxylic acids is 3. The molecule has 0 saturated heterocycles. The molecule has 0 aliphatic carbocycles. The minimum atomic E-state index is -0.266. The number of ketones is 3. The van der Waals surface area contributed by atoms with Gasteiger partial charge in [0.25, 0.3) is 0 Å². The van der Waals surface area contributed by atoms with Crippen molar-refractivity contribution in [2.75, 3.05) is 0 Å². The first-order valence-electron chi connectivity index (χ1n) is 35.3. The molecule has 0 bridgehead atoms. The van der Waals surface area contributed by atoms with Gasteiger partial charge in [0.1, 0.15) is 23.1 Å². The van der Waals surface area contributed by atoms with Gasteiger partial charge in [-0.15, -0.1) is 106 Å². The molecule has 0 aliphatic rings. The van der Waals surface area contributed by atoms with E-state index in [4.69, 9.17) is 33.6 Å². The fourth-order valence-electron chi connectivity index (χ4n) is 12.0. The number of halogens is 1. The number of hydrogen-bond donors (Lipinski definition) is 3. The molecule has 3 N–H and O–H groups in total. The van der Waals surface area contributed by atoms with E-state index in [-0.39, 0.29) is 101 Å². The molecule has 113 heavy (non-hydrogen) atoms. The van der Waals surface area contributed by atoms with Gasteiger partial charge in [0.05, 0.1) is 35.9 Å². The number of fused-ring (bicyclic) bond motifs is 3. The topological polar surface area (TPSA) is 190 Å². The quantitative estimate of drug-likeness (QED) is 0.0563. The number of aliphatic hydroxyl groups excluding tert-OH is 3. The summed E-state index contributed by atoms with van der Waals surface area (Å²) < 4.78 is 31.5. The number of furan rings is 3. The van der Waals surface area contributed by atoms with Crippen molar-refractivity contribution in [2.24, 2.45) is 0 Å². The maximum atomic E-state index is 13.2. The van der Waals surface area contributed by atoms with Gasteiger partial charge in [-0.1, -0.05) is 200 Å². The second-order valence-electron chi connectivity index (χ2n) is 25.6. The van der Waals surface area contributed by atoms with E-state index >= 15 is 0 Å². The Labute approximate surface area is 696 Å². The van der Waals surface area contributed by atoms with Crippen LogP contribution in [0.4, 0.5) is 4.39 Å². The number of benzene rings is 10. The van der Waals surface area contributed by atoms with Crippen LogP contribution in [-0.4, -0.2) is 47.6 Å². The maximum absolute atomic E-state index is 13.2. The van der Waals surface area contributed by atoms with Gasteiger partial charge in [-0.25, -0.2) is 4.39 Å². The van der Waals surface area contributed by atoms with Crippen molar-refractivity contribution in [3.8, 4) is 112 Å². The Balaban J connectivity index is 0.000000186. The first-order valence-corrected chi connectivity index (χ1v) is 35.3. The molecule has 571 valence electrons. The summed E-state index contributed by atoms with van der Waals surface area (Å²) in [5.74, 6) is 2.00. The summed E-state index contributed by atoms with van der Waals surface area (Å²) >= 11 is 0. The van der Waals surface area contributed by atoms with E-state index in [1.165, 1.54) is 83.0 Å². The number of hydrogen-bond acceptors (Lipinski definition) is 12. The summed E-state index contributed by atoms with van der Waals surface area (Å²) in [6.45, 7) is 10.6. The first-order chi connectivity index (χ1) is 53.3. The molecule has 0 spiro atoms. The van der Waals surface area contributed by atoms with Gasteiger partial charge in [0.2, 0.25) is 0 Å². The van der Waals surface area contributed by atoms with Crippen LogP contribution < -0.4 is 0 Å². The Hall–Kier alpha value is -12.2. The molecule has 0 fully saturated rings. The van der Waals surface area contributed by atoms with Crippen molar-refractivity contribution in [1.82, 2.24) is 15.0 Å². The molecule has 0 aliphatic heterocycles. The number of aryl methyl sites for hydroxylation is 1. The molecule has 16 aromatic rings. The zero-order chi connectivity index (χ0) is 77.5. The van der Waals surface area contributed by atoms with Crippen LogP contribution in [0, 0.1) is 30.9 Å². The standard InChI is InChI=1S/C31H20NO.C26H18NO.C25H15FNO.3C5H8O2.3Ir/c1-4-11-22(12-5-1)25-17-10-18-26(19-25)28-20-27-29(21-32-28)33-31(24-15-8-3-9-16-24)30(27)23-13-6-2-7-14-23;1-18-23-16-24(22-14-8-13-21(15-22)19-9-4-2-5-10-19)27-17-25(23)28-26(18)20-11-6-3-7-12-20;26-22-11-9-18(10-12-22)24-15-21-14-23(27-16-25(21)28-24)20-8-4-7-19(13-20)17-5-2-1-3-6-17;3*1-4(6)3-5(2)7;;;/h1-17,19-21H;2-13,15-17H,1H3;1-7,9-16H;3*3,6H,1-2H3;;;/q3*-1;;;;;;. The zero-order valence-electron chi connectivity index (χ0n) is 62.6. The van der Waals surface area contributed by atoms with Crippen LogP contribution in [0.25, 0.3) is 145 Å². The second kappa shape index (κ2) is 42.3. The Morgan fingerprint density at radius 2 is 0.673 bits per heavy atom. The molecule has 0 amide bonds. The normalized spacial score (nSPS) is 10.8. The summed E-state index contributed by atoms with van der Waals surface area (Å²) in [5, 5.41) is 28.2. The van der Waals surface area contributed by atoms with Crippen molar-refractivity contribution in [3.05, 3.63) is 369 Å². The predicted molar refractivity (Wildman–Crippen MR) is 439 cm³/mol. The van der Waals surface area contributed by atoms with Gasteiger partial charge >= 0.3 is 0 Å². The van der Waals surface area contributed by atoms with Crippen LogP contribution in [0.3, 0.4) is 0 Å². The summed E-state index contributed by atoms with van der Waals surface area (Å²) in [7, 11) is 0. The SMILES string of the molecule is CC(=O)C=C(C)O.CC(=O)C=C(C)O.CC(=O)C=C(C)O.Cc1c(-c2ccccc2)oc2cnc(-c3[c-]ccc(-c4ccccc4)c3)cc12.Fc1ccc(-c2cc3cc(-c4[c-]ccc(-c5ccccc5)c4)ncc3o2)cc1.[Ir].[Ir].[Ir].[c-]1ccc(-c2ccccc2)cc1-c1cc2c(-c3ccccc3)c(-c3ccccc3)oc2cn1. The minimum absolute atomic E-state index is 0. The Morgan fingerprint density at radius 3 is 1.04 bits per heavy atom. The van der Waals surface area contributed by atoms with Crippen molar-refractivity contribution >= 4 is 50.3 Å². The van der Waals surface area contributed by atoms with Crippen LogP contribution >= 0.6 is 0 Å². The Bertz CT molecular complexity index is 5830. The molecule has 0 saturated carbocycles. The fraction of sp³-hybridized carbons (Fsp3) is 0.0722. The monoisotopic (exact) mass is 2030 g/mol. The van der Waals surface area contributed by atoms with Gasteiger partial charge in [-0.05, 0) is 118 Å². The number of aromatic nitrogens is 3. The third-order valence-electron chi connectivity index (χ3n) is 16.9. The molecule has 3 radical (unpaired) electrons. The van der Waals surface area contributed by atoms with Crippen molar-refractivity contribution < 1.29 is 108 Å². The molecule has 0 atom stereocenters. The van der Waals surface area contributed by atoms with Crippen LogP contribution in [0.2, 0.25) is 0 Å². The third kappa shape index (κ3) is 24.1. The maximum Gasteiger partial charge on any atom is 0.155 e. The van der Waals surface area contributed by atoms with E-state index in [2.05, 4.69) is 187 Å². The number of nitrogens with zero attached hydrogens (tertiary/aromatic N) is 3. The van der Waals surface area contributed by atoms with Crippen molar-refractivity contribution in [1.29, 1.82) is 0 Å². The van der Waals surface area contributed by atoms with Crippen LogP contribution in [0.5, 0.6) is 0 Å². The molecule has 12 nitrogen and oxygen atoms in total. The smallest absolute Gasteiger partial charge is 0.155 e. The third-order valence-corrected chi connectivity index (χ3v) is 16.9. The van der Waals surface area contributed by atoms with Gasteiger partial charge < -0.3 is 43.5 Å². The van der Waals surface area contributed by atoms with Gasteiger partial charge in [0, 0.05) is 123 Å². The van der Waals surface area contributed by atoms with E-state index in [9.17, 15) is 18.8 Å². The Morgan fingerprint density at radius 1 is 0.345 bits per heavy atom. The van der Waals surface area contributed by atoms with E-state index in [1.54, 1.807) is 18.3 Å². The molecule has 6 aromatic heterocycles. The summed E-state index contributed by atoms with van der Waals surface area (Å²) in [6.07, 6.45) is 8.86. The largest absolute Gasteiger partial charge is 0.512 e. The Kier molecular flexibility index (Phi) is 32.3. The van der Waals surface area contributed by atoms with E-state index in [0.717, 1.165) is 128 Å². The van der Waals surface area contributed by atoms with Gasteiger partial charge in [-0.3, -0.25) is 14.4 Å². The van der Waals surface area contributed by atoms with Crippen LogP contribution in [0.15, 0.2) is 352 Å². The molecular weight excluding hydrogens is 1950 g/mol. The average molecular weight is 2020 g/mol. The minimum Gasteiger partial charge on any atom is -0.512 e. The molecule has 16 rings (SSSR count). The van der Waals surface area contributed by atoms with Crippen molar-refractivity contribution in [3.63, 3.8) is 0 Å². The summed E-state index contributed by atoms with van der Waals surface area (Å²) in [4.78, 5) is 44.0. The van der Waals surface area contributed by atoms with E-state index < -0.39 is 0 Å². The fourth-order valence-corrected chi connectivity index (χ4v) is 12.0. The number of aliphatic hydroxyl groups is 3. The first kappa shape index (κ1) is 86.4. The van der Waals surface area contributed by atoms with Gasteiger partial charge in [0.15, 0.2) is 34.1 Å². The second-order valence-corrected chi connectivity index (χ2v) is 25.6. The van der Waals surface area contributed by atoms with Crippen LogP contribution in [0.1, 0.15) is 47.1 Å². The average Bonchev–Trinajstić information content (AvgIpc) is 1.61. The van der Waals surface area contributed by atoms with Gasteiger partial charge in [-0.2, -0.15) is 0 Å². The van der Waals surface area contributed by atoms with E-state index in [0.29, 0.717) is 11.3 Å². The number of allylic oxidation sites excluding steroid dienone is 6. The number of carbonyl (C=O) groups is 3. The van der Waals surface area contributed by atoms with Crippen LogP contribution in [-0.2, 0) is 74.7 Å². The summed E-state index contributed by atoms with van der Waals surface area (Å²) in [5.41, 5.74) is 21.0. The number of pyridine rings is 3. The molecule has 16 heteroatoms. The van der Waals surface area contributed by atoms with E-state index in [1.807, 2.05) is 122 Å². The number of rotatable bonds is 13. The summed E-state index contributed by atoms with van der Waals surface area (Å²) in [6, 6.07) is 105. The molecule has 6 heterocycles. The molecule has 0 unspecified atom stereocenters. The zero-order valence-corrected chi connectivity index (χ0v) is 69.8. The molecule has 10 aromatic carbocycles. The van der Waals surface area contributed by atoms with Crippen molar-refractivity contribution in [2.45, 2.75) is 48.5 Å². The predicted octanol–water partition coefficient (Wildman–Crippen LogP) is 25.1. The molecular formula is C97H77FIr3N3O9-3.